The Balaban J connectivity index is 0.000000435. The molecule has 3 aromatic carbocycles. The second kappa shape index (κ2) is 8.58. The number of hydrogen-bond donors (Lipinski definition) is 0. The molecule has 0 saturated carbocycles. The molecule has 0 aliphatic heterocycles. The monoisotopic (exact) mass is 294 g/mol. The number of benzene rings is 3. The lowest BCUT2D eigenvalue weighted by Gasteiger charge is -2.09. The van der Waals surface area contributed by atoms with E-state index in [1.165, 1.54) is 44.3 Å². The van der Waals surface area contributed by atoms with Gasteiger partial charge in [-0.05, 0) is 53.1 Å². The van der Waals surface area contributed by atoms with Gasteiger partial charge in [-0.15, -0.1) is 0 Å². The van der Waals surface area contributed by atoms with Gasteiger partial charge in [0.15, 0.2) is 0 Å². The summed E-state index contributed by atoms with van der Waals surface area (Å²) in [7, 11) is 0. The lowest BCUT2D eigenvalue weighted by atomic mass is 9.94. The van der Waals surface area contributed by atoms with Gasteiger partial charge in [0, 0.05) is 0 Å². The minimum absolute atomic E-state index is 1.25. The summed E-state index contributed by atoms with van der Waals surface area (Å²) in [6.45, 7) is 14.8. The first-order valence-corrected chi connectivity index (χ1v) is 8.48. The standard InChI is InChI=1S/C17H16.C3H8.C2H6/c1-11(2)15-10-9-14-6-4-5-13-8-7-12(3)16(15)17(13)14;1-3-2;1-2/h4-10H,1-3H3;3H2,1-2H3;1-2H3. The largest absolute Gasteiger partial charge is 0.0686 e. The highest BCUT2D eigenvalue weighted by Crippen LogP contribution is 2.26. The Morgan fingerprint density at radius 2 is 1.27 bits per heavy atom. The Morgan fingerprint density at radius 1 is 0.773 bits per heavy atom. The lowest BCUT2D eigenvalue weighted by Crippen LogP contribution is -2.06. The van der Waals surface area contributed by atoms with Gasteiger partial charge in [0.05, 0.1) is 0 Å². The minimum Gasteiger partial charge on any atom is -0.0686 e. The van der Waals surface area contributed by atoms with Gasteiger partial charge in [-0.1, -0.05) is 82.2 Å². The van der Waals surface area contributed by atoms with Crippen molar-refractivity contribution in [2.45, 2.75) is 54.9 Å². The van der Waals surface area contributed by atoms with Gasteiger partial charge in [-0.2, -0.15) is 0 Å². The maximum atomic E-state index is 2.25. The fraction of sp³-hybridized carbons (Fsp3) is 0.364. The molecule has 22 heavy (non-hydrogen) atoms. The summed E-state index contributed by atoms with van der Waals surface area (Å²) >= 11 is 0. The molecule has 0 heterocycles. The summed E-state index contributed by atoms with van der Waals surface area (Å²) in [5, 5.41) is 6.89. The fourth-order valence-corrected chi connectivity index (χ4v) is 2.67. The third kappa shape index (κ3) is 3.68. The predicted octanol–water partition coefficient (Wildman–Crippen LogP) is 6.65. The van der Waals surface area contributed by atoms with Crippen LogP contribution in [0.15, 0.2) is 42.5 Å². The van der Waals surface area contributed by atoms with E-state index in [1.807, 2.05) is 13.8 Å². The molecule has 0 aliphatic carbocycles. The van der Waals surface area contributed by atoms with Crippen molar-refractivity contribution in [3.8, 4) is 0 Å². The van der Waals surface area contributed by atoms with Crippen molar-refractivity contribution in [1.82, 2.24) is 0 Å². The van der Waals surface area contributed by atoms with E-state index in [1.54, 1.807) is 0 Å². The highest BCUT2D eigenvalue weighted by atomic mass is 14.1. The van der Waals surface area contributed by atoms with E-state index in [2.05, 4.69) is 77.1 Å². The molecular formula is C22H30. The highest BCUT2D eigenvalue weighted by Gasteiger charge is 2.05. The van der Waals surface area contributed by atoms with E-state index < -0.39 is 0 Å². The second-order valence-electron chi connectivity index (χ2n) is 5.66. The van der Waals surface area contributed by atoms with Crippen LogP contribution < -0.4 is 5.22 Å². The van der Waals surface area contributed by atoms with Crippen LogP contribution >= 0.6 is 0 Å². The average Bonchev–Trinajstić information content (AvgIpc) is 2.53. The Hall–Kier alpha value is -1.82. The Bertz CT molecular complexity index is 759. The van der Waals surface area contributed by atoms with E-state index >= 15 is 0 Å². The third-order valence-electron chi connectivity index (χ3n) is 3.52. The summed E-state index contributed by atoms with van der Waals surface area (Å²) in [5.41, 5.74) is 2.75. The normalized spacial score (nSPS) is 9.77. The molecule has 0 unspecified atom stereocenters. The van der Waals surface area contributed by atoms with Crippen molar-refractivity contribution in [2.75, 3.05) is 0 Å². The molecule has 0 amide bonds. The van der Waals surface area contributed by atoms with Crippen LogP contribution in [0.5, 0.6) is 0 Å². The molecular weight excluding hydrogens is 264 g/mol. The Labute approximate surface area is 135 Å². The molecule has 0 fully saturated rings. The first kappa shape index (κ1) is 18.2. The maximum absolute atomic E-state index is 2.25. The third-order valence-corrected chi connectivity index (χ3v) is 3.52. The van der Waals surface area contributed by atoms with Crippen LogP contribution in [0, 0.1) is 6.92 Å². The molecule has 0 nitrogen and oxygen atoms in total. The molecule has 0 spiro atoms. The second-order valence-corrected chi connectivity index (χ2v) is 5.66. The Kier molecular flexibility index (Phi) is 7.11. The van der Waals surface area contributed by atoms with E-state index in [4.69, 9.17) is 0 Å². The van der Waals surface area contributed by atoms with Crippen LogP contribution in [-0.4, -0.2) is 0 Å². The number of rotatable bonds is 0. The lowest BCUT2D eigenvalue weighted by molar-refractivity contribution is 1.09. The zero-order valence-electron chi connectivity index (χ0n) is 15.2. The average molecular weight is 294 g/mol. The van der Waals surface area contributed by atoms with Crippen LogP contribution in [0.25, 0.3) is 27.1 Å². The van der Waals surface area contributed by atoms with Crippen LogP contribution in [0.4, 0.5) is 0 Å². The number of hydrogen-bond acceptors (Lipinski definition) is 0. The minimum atomic E-state index is 1.25. The zero-order valence-corrected chi connectivity index (χ0v) is 15.2. The fourth-order valence-electron chi connectivity index (χ4n) is 2.67. The molecule has 118 valence electrons. The van der Waals surface area contributed by atoms with E-state index in [0.29, 0.717) is 0 Å². The SMILES string of the molecule is CC.CC(C)=c1ccc2cccc3ccc(C)c1c32.CCC. The molecule has 0 saturated heterocycles. The smallest absolute Gasteiger partial charge is 0.00302 e. The van der Waals surface area contributed by atoms with Gasteiger partial charge in [0.25, 0.3) is 0 Å². The van der Waals surface area contributed by atoms with Crippen molar-refractivity contribution < 1.29 is 0 Å². The molecule has 0 radical (unpaired) electrons. The van der Waals surface area contributed by atoms with Gasteiger partial charge in [0.1, 0.15) is 0 Å². The zero-order chi connectivity index (χ0) is 16.7. The molecule has 0 bridgehead atoms. The van der Waals surface area contributed by atoms with Crippen molar-refractivity contribution in [3.63, 3.8) is 0 Å². The first-order chi connectivity index (χ1) is 10.6. The van der Waals surface area contributed by atoms with Gasteiger partial charge in [-0.25, -0.2) is 0 Å². The molecule has 0 N–H and O–H groups in total. The summed E-state index contributed by atoms with van der Waals surface area (Å²) in [5.74, 6) is 0. The van der Waals surface area contributed by atoms with Crippen LogP contribution in [0.2, 0.25) is 0 Å². The molecule has 3 aromatic rings. The van der Waals surface area contributed by atoms with Crippen molar-refractivity contribution in [1.29, 1.82) is 0 Å². The summed E-state index contributed by atoms with van der Waals surface area (Å²) in [6, 6.07) is 15.5. The van der Waals surface area contributed by atoms with Gasteiger partial charge in [0.2, 0.25) is 0 Å². The van der Waals surface area contributed by atoms with Crippen molar-refractivity contribution in [3.05, 3.63) is 53.2 Å². The predicted molar refractivity (Wildman–Crippen MR) is 103 cm³/mol. The maximum Gasteiger partial charge on any atom is -0.00302 e. The summed E-state index contributed by atoms with van der Waals surface area (Å²) in [6.07, 6.45) is 1.25. The number of aryl methyl sites for hydroxylation is 1. The quantitative estimate of drug-likeness (QED) is 0.435. The highest BCUT2D eigenvalue weighted by molar-refractivity contribution is 6.11. The Morgan fingerprint density at radius 3 is 1.77 bits per heavy atom. The van der Waals surface area contributed by atoms with Gasteiger partial charge < -0.3 is 0 Å². The van der Waals surface area contributed by atoms with Crippen LogP contribution in [-0.2, 0) is 0 Å². The van der Waals surface area contributed by atoms with Gasteiger partial charge in [-0.3, -0.25) is 0 Å². The van der Waals surface area contributed by atoms with E-state index in [9.17, 15) is 0 Å². The van der Waals surface area contributed by atoms with Gasteiger partial charge >= 0.3 is 0 Å². The topological polar surface area (TPSA) is 0 Å². The van der Waals surface area contributed by atoms with Crippen molar-refractivity contribution >= 4 is 27.1 Å². The van der Waals surface area contributed by atoms with Crippen molar-refractivity contribution in [2.24, 2.45) is 0 Å². The van der Waals surface area contributed by atoms with E-state index in [-0.39, 0.29) is 0 Å². The molecule has 0 aliphatic rings. The molecule has 3 rings (SSSR count). The van der Waals surface area contributed by atoms with Crippen LogP contribution in [0.3, 0.4) is 0 Å². The van der Waals surface area contributed by atoms with Crippen LogP contribution in [0.1, 0.15) is 53.5 Å². The first-order valence-electron chi connectivity index (χ1n) is 8.48. The summed E-state index contributed by atoms with van der Waals surface area (Å²) < 4.78 is 0. The summed E-state index contributed by atoms with van der Waals surface area (Å²) in [4.78, 5) is 0. The molecule has 0 aromatic heterocycles. The molecule has 0 heteroatoms. The molecule has 0 atom stereocenters. The van der Waals surface area contributed by atoms with E-state index in [0.717, 1.165) is 0 Å².